The minimum absolute atomic E-state index is 0.569. The van der Waals surface area contributed by atoms with Crippen molar-refractivity contribution in [3.8, 4) is 0 Å². The summed E-state index contributed by atoms with van der Waals surface area (Å²) in [6.45, 7) is 10.9. The van der Waals surface area contributed by atoms with Gasteiger partial charge in [0.2, 0.25) is 0 Å². The maximum atomic E-state index is 5.34. The zero-order valence-corrected chi connectivity index (χ0v) is 12.2. The number of benzene rings is 1. The standard InChI is InChI=1S/C16H24N2O/c1-12-4-6-15(7-5-12)17-8-14(3)18(9-13(17)2)16-10-19-11-16/h4-7,13-14,16H,8-11H2,1-3H3/t13-,14+/m0/s1. The van der Waals surface area contributed by atoms with Crippen molar-refractivity contribution in [1.82, 2.24) is 4.90 Å². The van der Waals surface area contributed by atoms with Crippen LogP contribution in [0.25, 0.3) is 0 Å². The van der Waals surface area contributed by atoms with Gasteiger partial charge in [0.1, 0.15) is 0 Å². The van der Waals surface area contributed by atoms with Crippen molar-refractivity contribution < 1.29 is 4.74 Å². The summed E-state index contributed by atoms with van der Waals surface area (Å²) in [5.74, 6) is 0. The van der Waals surface area contributed by atoms with Crippen LogP contribution in [0, 0.1) is 6.92 Å². The second-order valence-electron chi connectivity index (χ2n) is 6.07. The van der Waals surface area contributed by atoms with E-state index in [0.29, 0.717) is 18.1 Å². The summed E-state index contributed by atoms with van der Waals surface area (Å²) in [7, 11) is 0. The third kappa shape index (κ3) is 2.49. The molecule has 2 aliphatic rings. The molecule has 2 heterocycles. The third-order valence-electron chi connectivity index (χ3n) is 4.49. The Morgan fingerprint density at radius 3 is 2.26 bits per heavy atom. The second kappa shape index (κ2) is 5.14. The fourth-order valence-electron chi connectivity index (χ4n) is 3.17. The maximum Gasteiger partial charge on any atom is 0.0645 e. The molecule has 3 nitrogen and oxygen atoms in total. The molecule has 0 radical (unpaired) electrons. The first-order chi connectivity index (χ1) is 9.15. The Balaban J connectivity index is 1.72. The van der Waals surface area contributed by atoms with Gasteiger partial charge in [0.05, 0.1) is 19.3 Å². The summed E-state index contributed by atoms with van der Waals surface area (Å²) in [4.78, 5) is 5.17. The van der Waals surface area contributed by atoms with Crippen molar-refractivity contribution in [2.45, 2.75) is 38.9 Å². The second-order valence-corrected chi connectivity index (χ2v) is 6.07. The lowest BCUT2D eigenvalue weighted by atomic mass is 10.0. The monoisotopic (exact) mass is 260 g/mol. The third-order valence-corrected chi connectivity index (χ3v) is 4.49. The van der Waals surface area contributed by atoms with E-state index in [4.69, 9.17) is 4.74 Å². The van der Waals surface area contributed by atoms with Crippen molar-refractivity contribution in [3.05, 3.63) is 29.8 Å². The first kappa shape index (κ1) is 12.9. The van der Waals surface area contributed by atoms with Crippen LogP contribution in [0.3, 0.4) is 0 Å². The number of piperazine rings is 1. The van der Waals surface area contributed by atoms with Crippen LogP contribution in [0.2, 0.25) is 0 Å². The quantitative estimate of drug-likeness (QED) is 0.811. The summed E-state index contributed by atoms with van der Waals surface area (Å²) < 4.78 is 5.34. The van der Waals surface area contributed by atoms with E-state index in [2.05, 4.69) is 54.8 Å². The molecule has 0 bridgehead atoms. The van der Waals surface area contributed by atoms with Gasteiger partial charge in [-0.05, 0) is 32.9 Å². The molecule has 0 aliphatic carbocycles. The van der Waals surface area contributed by atoms with Crippen molar-refractivity contribution in [2.24, 2.45) is 0 Å². The Hall–Kier alpha value is -1.06. The van der Waals surface area contributed by atoms with Gasteiger partial charge in [0.25, 0.3) is 0 Å². The first-order valence-electron chi connectivity index (χ1n) is 7.32. The van der Waals surface area contributed by atoms with E-state index in [1.165, 1.54) is 11.3 Å². The SMILES string of the molecule is Cc1ccc(N2C[C@@H](C)N(C3COC3)C[C@@H]2C)cc1. The Kier molecular flexibility index (Phi) is 3.50. The number of rotatable bonds is 2. The van der Waals surface area contributed by atoms with Gasteiger partial charge in [-0.1, -0.05) is 17.7 Å². The first-order valence-corrected chi connectivity index (χ1v) is 7.32. The molecular weight excluding hydrogens is 236 g/mol. The minimum atomic E-state index is 0.569. The molecule has 3 heteroatoms. The average Bonchev–Trinajstić information content (AvgIpc) is 2.32. The highest BCUT2D eigenvalue weighted by molar-refractivity contribution is 5.49. The normalized spacial score (nSPS) is 29.3. The van der Waals surface area contributed by atoms with Crippen LogP contribution >= 0.6 is 0 Å². The van der Waals surface area contributed by atoms with E-state index in [-0.39, 0.29) is 0 Å². The number of hydrogen-bond acceptors (Lipinski definition) is 3. The number of ether oxygens (including phenoxy) is 1. The minimum Gasteiger partial charge on any atom is -0.378 e. The predicted octanol–water partition coefficient (Wildman–Crippen LogP) is 2.29. The molecule has 19 heavy (non-hydrogen) atoms. The molecular formula is C16H24N2O. The number of nitrogens with zero attached hydrogens (tertiary/aromatic N) is 2. The highest BCUT2D eigenvalue weighted by Gasteiger charge is 2.36. The number of anilines is 1. The van der Waals surface area contributed by atoms with Gasteiger partial charge in [-0.2, -0.15) is 0 Å². The van der Waals surface area contributed by atoms with Gasteiger partial charge in [0, 0.05) is 30.9 Å². The zero-order chi connectivity index (χ0) is 13.4. The summed E-state index contributed by atoms with van der Waals surface area (Å²) in [6.07, 6.45) is 0. The smallest absolute Gasteiger partial charge is 0.0645 e. The van der Waals surface area contributed by atoms with Crippen LogP contribution in [0.4, 0.5) is 5.69 Å². The maximum absolute atomic E-state index is 5.34. The largest absolute Gasteiger partial charge is 0.378 e. The van der Waals surface area contributed by atoms with Crippen LogP contribution in [0.15, 0.2) is 24.3 Å². The highest BCUT2D eigenvalue weighted by Crippen LogP contribution is 2.26. The molecule has 104 valence electrons. The van der Waals surface area contributed by atoms with Gasteiger partial charge in [-0.25, -0.2) is 0 Å². The Morgan fingerprint density at radius 2 is 1.68 bits per heavy atom. The summed E-state index contributed by atoms with van der Waals surface area (Å²) in [5, 5.41) is 0. The van der Waals surface area contributed by atoms with Crippen molar-refractivity contribution in [3.63, 3.8) is 0 Å². The molecule has 2 atom stereocenters. The fourth-order valence-corrected chi connectivity index (χ4v) is 3.17. The topological polar surface area (TPSA) is 15.7 Å². The lowest BCUT2D eigenvalue weighted by Gasteiger charge is -2.50. The molecule has 2 fully saturated rings. The lowest BCUT2D eigenvalue weighted by molar-refractivity contribution is -0.0828. The van der Waals surface area contributed by atoms with Crippen molar-refractivity contribution >= 4 is 5.69 Å². The molecule has 0 spiro atoms. The van der Waals surface area contributed by atoms with E-state index in [1.54, 1.807) is 0 Å². The number of aryl methyl sites for hydroxylation is 1. The molecule has 0 aromatic heterocycles. The molecule has 0 saturated carbocycles. The van der Waals surface area contributed by atoms with Crippen LogP contribution < -0.4 is 4.90 Å². The molecule has 1 aromatic rings. The Labute approximate surface area is 116 Å². The van der Waals surface area contributed by atoms with Gasteiger partial charge in [-0.15, -0.1) is 0 Å². The van der Waals surface area contributed by atoms with Crippen molar-refractivity contribution in [1.29, 1.82) is 0 Å². The lowest BCUT2D eigenvalue weighted by Crippen LogP contribution is -2.63. The van der Waals surface area contributed by atoms with Crippen LogP contribution in [0.1, 0.15) is 19.4 Å². The Morgan fingerprint density at radius 1 is 1.00 bits per heavy atom. The van der Waals surface area contributed by atoms with Crippen molar-refractivity contribution in [2.75, 3.05) is 31.2 Å². The molecule has 2 saturated heterocycles. The van der Waals surface area contributed by atoms with Gasteiger partial charge < -0.3 is 9.64 Å². The molecule has 3 rings (SSSR count). The fraction of sp³-hybridized carbons (Fsp3) is 0.625. The zero-order valence-electron chi connectivity index (χ0n) is 12.2. The average molecular weight is 260 g/mol. The molecule has 0 N–H and O–H groups in total. The van der Waals surface area contributed by atoms with Crippen LogP contribution in [0.5, 0.6) is 0 Å². The van der Waals surface area contributed by atoms with E-state index >= 15 is 0 Å². The van der Waals surface area contributed by atoms with Crippen LogP contribution in [-0.2, 0) is 4.74 Å². The molecule has 0 unspecified atom stereocenters. The summed E-state index contributed by atoms with van der Waals surface area (Å²) in [6, 6.07) is 10.7. The summed E-state index contributed by atoms with van der Waals surface area (Å²) >= 11 is 0. The Bertz CT molecular complexity index is 427. The highest BCUT2D eigenvalue weighted by atomic mass is 16.5. The molecule has 1 aromatic carbocycles. The van der Waals surface area contributed by atoms with Gasteiger partial charge in [-0.3, -0.25) is 4.90 Å². The number of hydrogen-bond donors (Lipinski definition) is 0. The van der Waals surface area contributed by atoms with Gasteiger partial charge >= 0.3 is 0 Å². The molecule has 2 aliphatic heterocycles. The molecule has 0 amide bonds. The summed E-state index contributed by atoms with van der Waals surface area (Å²) in [5.41, 5.74) is 2.68. The van der Waals surface area contributed by atoms with E-state index in [1.807, 2.05) is 0 Å². The van der Waals surface area contributed by atoms with Crippen LogP contribution in [-0.4, -0.2) is 49.3 Å². The van der Waals surface area contributed by atoms with E-state index in [9.17, 15) is 0 Å². The van der Waals surface area contributed by atoms with E-state index in [0.717, 1.165) is 26.3 Å². The van der Waals surface area contributed by atoms with Gasteiger partial charge in [0.15, 0.2) is 0 Å². The predicted molar refractivity (Wildman–Crippen MR) is 78.8 cm³/mol. The van der Waals surface area contributed by atoms with E-state index < -0.39 is 0 Å².